The monoisotopic (exact) mass is 285 g/mol. The molecular formula is C13H23N3O2S. The van der Waals surface area contributed by atoms with Crippen molar-refractivity contribution in [2.45, 2.75) is 51.2 Å². The van der Waals surface area contributed by atoms with Gasteiger partial charge in [-0.1, -0.05) is 26.8 Å². The zero-order valence-electron chi connectivity index (χ0n) is 11.8. The van der Waals surface area contributed by atoms with E-state index in [0.29, 0.717) is 6.54 Å². The molecule has 0 radical (unpaired) electrons. The van der Waals surface area contributed by atoms with Crippen LogP contribution in [0.2, 0.25) is 0 Å². The van der Waals surface area contributed by atoms with Crippen molar-refractivity contribution in [1.82, 2.24) is 15.0 Å². The predicted octanol–water partition coefficient (Wildman–Crippen LogP) is 1.66. The van der Waals surface area contributed by atoms with Crippen molar-refractivity contribution < 1.29 is 8.42 Å². The number of sulfonamides is 1. The van der Waals surface area contributed by atoms with Gasteiger partial charge >= 0.3 is 0 Å². The Bertz CT molecular complexity index is 467. The van der Waals surface area contributed by atoms with E-state index in [0.717, 1.165) is 24.9 Å². The van der Waals surface area contributed by atoms with Gasteiger partial charge in [0.1, 0.15) is 0 Å². The summed E-state index contributed by atoms with van der Waals surface area (Å²) in [6, 6.07) is 3.31. The third-order valence-corrected chi connectivity index (χ3v) is 4.40. The molecule has 0 amide bonds. The Kier molecular flexibility index (Phi) is 6.41. The van der Waals surface area contributed by atoms with Crippen LogP contribution in [-0.2, 0) is 16.6 Å². The molecule has 0 spiro atoms. The summed E-state index contributed by atoms with van der Waals surface area (Å²) in [4.78, 5) is 4.03. The van der Waals surface area contributed by atoms with E-state index < -0.39 is 10.0 Å². The lowest BCUT2D eigenvalue weighted by Crippen LogP contribution is -2.34. The first-order chi connectivity index (χ1) is 9.03. The Morgan fingerprint density at radius 1 is 1.21 bits per heavy atom. The quantitative estimate of drug-likeness (QED) is 0.762. The molecule has 0 aliphatic rings. The van der Waals surface area contributed by atoms with Crippen LogP contribution in [0.25, 0.3) is 0 Å². The highest BCUT2D eigenvalue weighted by atomic mass is 32.2. The number of nitrogens with one attached hydrogen (secondary N) is 2. The Labute approximate surface area is 115 Å². The highest BCUT2D eigenvalue weighted by Gasteiger charge is 2.19. The molecule has 0 bridgehead atoms. The highest BCUT2D eigenvalue weighted by Crippen LogP contribution is 2.09. The van der Waals surface area contributed by atoms with E-state index in [4.69, 9.17) is 0 Å². The standard InChI is InChI=1S/C13H23N3O2S/c1-4-12(5-2)16-19(17,18)13-8-7-11(10-15-13)9-14-6-3/h7-8,10,12,14,16H,4-6,9H2,1-3H3. The second-order valence-electron chi connectivity index (χ2n) is 4.42. The molecule has 5 nitrogen and oxygen atoms in total. The lowest BCUT2D eigenvalue weighted by atomic mass is 10.2. The second kappa shape index (κ2) is 7.57. The molecule has 0 saturated carbocycles. The van der Waals surface area contributed by atoms with Crippen LogP contribution in [0.4, 0.5) is 0 Å². The van der Waals surface area contributed by atoms with Gasteiger partial charge in [0, 0.05) is 18.8 Å². The van der Waals surface area contributed by atoms with Crippen molar-refractivity contribution in [1.29, 1.82) is 0 Å². The summed E-state index contributed by atoms with van der Waals surface area (Å²) >= 11 is 0. The highest BCUT2D eigenvalue weighted by molar-refractivity contribution is 7.89. The van der Waals surface area contributed by atoms with E-state index in [1.807, 2.05) is 20.8 Å². The Hall–Kier alpha value is -0.980. The minimum atomic E-state index is -3.50. The smallest absolute Gasteiger partial charge is 0.258 e. The second-order valence-corrected chi connectivity index (χ2v) is 6.08. The molecule has 0 atom stereocenters. The fraction of sp³-hybridized carbons (Fsp3) is 0.615. The summed E-state index contributed by atoms with van der Waals surface area (Å²) < 4.78 is 26.9. The van der Waals surface area contributed by atoms with E-state index in [-0.39, 0.29) is 11.1 Å². The van der Waals surface area contributed by atoms with Gasteiger partial charge in [-0.15, -0.1) is 0 Å². The fourth-order valence-corrected chi connectivity index (χ4v) is 3.01. The van der Waals surface area contributed by atoms with Crippen molar-refractivity contribution >= 4 is 10.0 Å². The number of hydrogen-bond donors (Lipinski definition) is 2. The van der Waals surface area contributed by atoms with Gasteiger partial charge in [0.15, 0.2) is 5.03 Å². The fourth-order valence-electron chi connectivity index (χ4n) is 1.68. The zero-order valence-corrected chi connectivity index (χ0v) is 12.6. The van der Waals surface area contributed by atoms with Crippen molar-refractivity contribution in [2.75, 3.05) is 6.54 Å². The minimum absolute atomic E-state index is 0.0340. The van der Waals surface area contributed by atoms with Crippen LogP contribution in [0.3, 0.4) is 0 Å². The van der Waals surface area contributed by atoms with Crippen LogP contribution < -0.4 is 10.0 Å². The maximum absolute atomic E-state index is 12.1. The summed E-state index contributed by atoms with van der Waals surface area (Å²) in [6.07, 6.45) is 3.15. The molecule has 0 aromatic carbocycles. The van der Waals surface area contributed by atoms with Crippen molar-refractivity contribution in [2.24, 2.45) is 0 Å². The average Bonchev–Trinajstić information content (AvgIpc) is 2.43. The number of aromatic nitrogens is 1. The van der Waals surface area contributed by atoms with Crippen molar-refractivity contribution in [3.8, 4) is 0 Å². The minimum Gasteiger partial charge on any atom is -0.313 e. The first-order valence-electron chi connectivity index (χ1n) is 6.71. The lowest BCUT2D eigenvalue weighted by molar-refractivity contribution is 0.527. The summed E-state index contributed by atoms with van der Waals surface area (Å²) in [6.45, 7) is 7.51. The molecule has 1 heterocycles. The van der Waals surface area contributed by atoms with Crippen molar-refractivity contribution in [3.63, 3.8) is 0 Å². The van der Waals surface area contributed by atoms with E-state index in [1.54, 1.807) is 18.3 Å². The van der Waals surface area contributed by atoms with Gasteiger partial charge in [0.05, 0.1) is 0 Å². The van der Waals surface area contributed by atoms with Gasteiger partial charge in [0.25, 0.3) is 10.0 Å². The third-order valence-electron chi connectivity index (χ3n) is 2.96. The van der Waals surface area contributed by atoms with Crippen LogP contribution in [0.15, 0.2) is 23.4 Å². The first kappa shape index (κ1) is 16.1. The Morgan fingerprint density at radius 3 is 2.37 bits per heavy atom. The van der Waals surface area contributed by atoms with Crippen LogP contribution in [0.1, 0.15) is 39.2 Å². The Morgan fingerprint density at radius 2 is 1.89 bits per heavy atom. The van der Waals surface area contributed by atoms with E-state index in [9.17, 15) is 8.42 Å². The van der Waals surface area contributed by atoms with Gasteiger partial charge in [-0.25, -0.2) is 18.1 Å². The summed E-state index contributed by atoms with van der Waals surface area (Å²) in [5, 5.41) is 3.25. The molecular weight excluding hydrogens is 262 g/mol. The predicted molar refractivity (Wildman–Crippen MR) is 76.3 cm³/mol. The van der Waals surface area contributed by atoms with Crippen LogP contribution in [-0.4, -0.2) is 26.0 Å². The SMILES string of the molecule is CCNCc1ccc(S(=O)(=O)NC(CC)CC)nc1. The number of nitrogens with zero attached hydrogens (tertiary/aromatic N) is 1. The molecule has 2 N–H and O–H groups in total. The number of hydrogen-bond acceptors (Lipinski definition) is 4. The maximum atomic E-state index is 12.1. The molecule has 0 aliphatic heterocycles. The largest absolute Gasteiger partial charge is 0.313 e. The van der Waals surface area contributed by atoms with E-state index in [2.05, 4.69) is 15.0 Å². The zero-order chi connectivity index (χ0) is 14.3. The molecule has 0 unspecified atom stereocenters. The van der Waals surface area contributed by atoms with Gasteiger partial charge in [-0.2, -0.15) is 0 Å². The lowest BCUT2D eigenvalue weighted by Gasteiger charge is -2.14. The van der Waals surface area contributed by atoms with Crippen LogP contribution in [0.5, 0.6) is 0 Å². The van der Waals surface area contributed by atoms with Gasteiger partial charge in [-0.05, 0) is 31.0 Å². The topological polar surface area (TPSA) is 71.1 Å². The average molecular weight is 285 g/mol. The molecule has 0 aliphatic carbocycles. The number of pyridine rings is 1. The molecule has 19 heavy (non-hydrogen) atoms. The normalized spacial score (nSPS) is 12.0. The molecule has 6 heteroatoms. The van der Waals surface area contributed by atoms with Crippen molar-refractivity contribution in [3.05, 3.63) is 23.9 Å². The third kappa shape index (κ3) is 4.89. The molecule has 1 aromatic heterocycles. The van der Waals surface area contributed by atoms with Gasteiger partial charge in [-0.3, -0.25) is 0 Å². The summed E-state index contributed by atoms with van der Waals surface area (Å²) in [7, 11) is -3.50. The molecule has 1 aromatic rings. The molecule has 0 fully saturated rings. The molecule has 108 valence electrons. The first-order valence-corrected chi connectivity index (χ1v) is 8.19. The van der Waals surface area contributed by atoms with Gasteiger partial charge in [0.2, 0.25) is 0 Å². The Balaban J connectivity index is 2.78. The van der Waals surface area contributed by atoms with E-state index in [1.165, 1.54) is 0 Å². The van der Waals surface area contributed by atoms with Gasteiger partial charge < -0.3 is 5.32 Å². The van der Waals surface area contributed by atoms with Crippen LogP contribution in [0, 0.1) is 0 Å². The maximum Gasteiger partial charge on any atom is 0.258 e. The number of rotatable bonds is 8. The molecule has 1 rings (SSSR count). The summed E-state index contributed by atoms with van der Waals surface area (Å²) in [5.41, 5.74) is 0.975. The summed E-state index contributed by atoms with van der Waals surface area (Å²) in [5.74, 6) is 0. The molecule has 0 saturated heterocycles. The van der Waals surface area contributed by atoms with E-state index >= 15 is 0 Å². The van der Waals surface area contributed by atoms with Crippen LogP contribution >= 0.6 is 0 Å².